The van der Waals surface area contributed by atoms with Crippen molar-refractivity contribution < 1.29 is 14.7 Å². The largest absolute Gasteiger partial charge is 0.508 e. The van der Waals surface area contributed by atoms with Crippen molar-refractivity contribution in [3.05, 3.63) is 95.6 Å². The summed E-state index contributed by atoms with van der Waals surface area (Å²) in [6, 6.07) is 23.3. The molecule has 0 radical (unpaired) electrons. The van der Waals surface area contributed by atoms with Gasteiger partial charge in [-0.05, 0) is 41.8 Å². The molecular formula is C23H22N2O3. The van der Waals surface area contributed by atoms with E-state index >= 15 is 0 Å². The van der Waals surface area contributed by atoms with Gasteiger partial charge in [0.05, 0.1) is 17.7 Å². The number of nitrogens with one attached hydrogen (secondary N) is 2. The second-order valence-electron chi connectivity index (χ2n) is 6.43. The number of hydrogen-bond acceptors (Lipinski definition) is 3. The number of aromatic hydroxyl groups is 1. The van der Waals surface area contributed by atoms with Gasteiger partial charge in [0.2, 0.25) is 5.91 Å². The van der Waals surface area contributed by atoms with E-state index in [0.29, 0.717) is 17.8 Å². The lowest BCUT2D eigenvalue weighted by Crippen LogP contribution is -2.27. The first kappa shape index (κ1) is 19.2. The van der Waals surface area contributed by atoms with Crippen LogP contribution in [0, 0.1) is 0 Å². The highest BCUT2D eigenvalue weighted by molar-refractivity contribution is 6.04. The zero-order chi connectivity index (χ0) is 19.8. The first-order valence-corrected chi connectivity index (χ1v) is 9.11. The quantitative estimate of drug-likeness (QED) is 0.592. The zero-order valence-electron chi connectivity index (χ0n) is 15.4. The average molecular weight is 374 g/mol. The number of hydrogen-bond donors (Lipinski definition) is 3. The van der Waals surface area contributed by atoms with Crippen molar-refractivity contribution in [1.29, 1.82) is 0 Å². The molecule has 28 heavy (non-hydrogen) atoms. The molecule has 5 heteroatoms. The van der Waals surface area contributed by atoms with Crippen LogP contribution < -0.4 is 10.6 Å². The van der Waals surface area contributed by atoms with Crippen molar-refractivity contribution in [3.8, 4) is 5.75 Å². The van der Waals surface area contributed by atoms with Crippen molar-refractivity contribution in [1.82, 2.24) is 5.32 Å². The molecule has 0 saturated heterocycles. The molecule has 3 aromatic rings. The van der Waals surface area contributed by atoms with Crippen molar-refractivity contribution in [3.63, 3.8) is 0 Å². The molecule has 0 aliphatic carbocycles. The Bertz CT molecular complexity index is 938. The van der Waals surface area contributed by atoms with E-state index in [-0.39, 0.29) is 24.0 Å². The van der Waals surface area contributed by atoms with Gasteiger partial charge in [0.25, 0.3) is 5.91 Å². The van der Waals surface area contributed by atoms with E-state index in [1.165, 1.54) is 12.1 Å². The summed E-state index contributed by atoms with van der Waals surface area (Å²) in [7, 11) is 0. The van der Waals surface area contributed by atoms with Crippen LogP contribution in [-0.2, 0) is 17.6 Å². The molecular weight excluding hydrogens is 352 g/mol. The smallest absolute Gasteiger partial charge is 0.253 e. The summed E-state index contributed by atoms with van der Waals surface area (Å²) >= 11 is 0. The third-order valence-electron chi connectivity index (χ3n) is 4.29. The highest BCUT2D eigenvalue weighted by Crippen LogP contribution is 2.16. The monoisotopic (exact) mass is 374 g/mol. The van der Waals surface area contributed by atoms with Crippen molar-refractivity contribution in [2.24, 2.45) is 0 Å². The third kappa shape index (κ3) is 5.45. The van der Waals surface area contributed by atoms with Gasteiger partial charge >= 0.3 is 0 Å². The number of rotatable bonds is 7. The van der Waals surface area contributed by atoms with Crippen molar-refractivity contribution in [2.75, 3.05) is 11.9 Å². The Morgan fingerprint density at radius 2 is 1.46 bits per heavy atom. The van der Waals surface area contributed by atoms with Gasteiger partial charge in [0, 0.05) is 6.54 Å². The fourth-order valence-electron chi connectivity index (χ4n) is 2.84. The second-order valence-corrected chi connectivity index (χ2v) is 6.43. The minimum absolute atomic E-state index is 0.154. The summed E-state index contributed by atoms with van der Waals surface area (Å²) in [6.45, 7) is 0.513. The Morgan fingerprint density at radius 3 is 2.21 bits per heavy atom. The molecule has 0 unspecified atom stereocenters. The molecule has 3 rings (SSSR count). The standard InChI is InChI=1S/C23H22N2O3/c26-19-12-10-18(11-13-19)16-22(27)25-21-9-5-4-8-20(21)23(28)24-15-14-17-6-2-1-3-7-17/h1-13,26H,14-16H2,(H,24,28)(H,25,27). The minimum atomic E-state index is -0.227. The number of anilines is 1. The van der Waals surface area contributed by atoms with Gasteiger partial charge in [0.15, 0.2) is 0 Å². The van der Waals surface area contributed by atoms with Crippen LogP contribution in [0.25, 0.3) is 0 Å². The van der Waals surface area contributed by atoms with Gasteiger partial charge in [-0.15, -0.1) is 0 Å². The number of carbonyl (C=O) groups excluding carboxylic acids is 2. The van der Waals surface area contributed by atoms with E-state index in [0.717, 1.165) is 17.5 Å². The number of amides is 2. The summed E-state index contributed by atoms with van der Waals surface area (Å²) in [5.74, 6) is -0.298. The first-order chi connectivity index (χ1) is 13.6. The van der Waals surface area contributed by atoms with E-state index in [2.05, 4.69) is 10.6 Å². The lowest BCUT2D eigenvalue weighted by Gasteiger charge is -2.12. The number of carbonyl (C=O) groups is 2. The molecule has 0 saturated carbocycles. The van der Waals surface area contributed by atoms with Gasteiger partial charge < -0.3 is 15.7 Å². The van der Waals surface area contributed by atoms with Gasteiger partial charge in [-0.1, -0.05) is 54.6 Å². The molecule has 0 bridgehead atoms. The summed E-state index contributed by atoms with van der Waals surface area (Å²) in [4.78, 5) is 24.9. The molecule has 5 nitrogen and oxygen atoms in total. The van der Waals surface area contributed by atoms with Crippen LogP contribution in [0.4, 0.5) is 5.69 Å². The molecule has 0 aromatic heterocycles. The molecule has 0 fully saturated rings. The molecule has 3 N–H and O–H groups in total. The van der Waals surface area contributed by atoms with Gasteiger partial charge in [0.1, 0.15) is 5.75 Å². The fraction of sp³-hybridized carbons (Fsp3) is 0.130. The van der Waals surface area contributed by atoms with E-state index in [1.807, 2.05) is 30.3 Å². The summed E-state index contributed by atoms with van der Waals surface area (Å²) in [5.41, 5.74) is 2.83. The van der Waals surface area contributed by atoms with Crippen molar-refractivity contribution in [2.45, 2.75) is 12.8 Å². The summed E-state index contributed by atoms with van der Waals surface area (Å²) in [5, 5.41) is 15.0. The fourth-order valence-corrected chi connectivity index (χ4v) is 2.84. The Morgan fingerprint density at radius 1 is 0.786 bits per heavy atom. The van der Waals surface area contributed by atoms with Crippen LogP contribution in [0.2, 0.25) is 0 Å². The highest BCUT2D eigenvalue weighted by Gasteiger charge is 2.13. The maximum atomic E-state index is 12.5. The lowest BCUT2D eigenvalue weighted by molar-refractivity contribution is -0.115. The lowest BCUT2D eigenvalue weighted by atomic mass is 10.1. The molecule has 0 aliphatic rings. The van der Waals surface area contributed by atoms with E-state index in [1.54, 1.807) is 36.4 Å². The van der Waals surface area contributed by atoms with Gasteiger partial charge in [-0.25, -0.2) is 0 Å². The van der Waals surface area contributed by atoms with E-state index in [9.17, 15) is 14.7 Å². The predicted octanol–water partition coefficient (Wildman–Crippen LogP) is 3.55. The molecule has 0 heterocycles. The SMILES string of the molecule is O=C(Cc1ccc(O)cc1)Nc1ccccc1C(=O)NCCc1ccccc1. The number of phenolic OH excluding ortho intramolecular Hbond substituents is 1. The van der Waals surface area contributed by atoms with Crippen LogP contribution >= 0.6 is 0 Å². The topological polar surface area (TPSA) is 78.4 Å². The number of phenols is 1. The predicted molar refractivity (Wildman–Crippen MR) is 109 cm³/mol. The molecule has 0 atom stereocenters. The van der Waals surface area contributed by atoms with Gasteiger partial charge in [-0.2, -0.15) is 0 Å². The maximum Gasteiger partial charge on any atom is 0.253 e. The highest BCUT2D eigenvalue weighted by atomic mass is 16.3. The van der Waals surface area contributed by atoms with Crippen LogP contribution in [0.3, 0.4) is 0 Å². The zero-order valence-corrected chi connectivity index (χ0v) is 15.4. The summed E-state index contributed by atoms with van der Waals surface area (Å²) < 4.78 is 0. The Kier molecular flexibility index (Phi) is 6.41. The molecule has 0 spiro atoms. The van der Waals surface area contributed by atoms with Crippen LogP contribution in [-0.4, -0.2) is 23.5 Å². The number of para-hydroxylation sites is 1. The molecule has 142 valence electrons. The molecule has 3 aromatic carbocycles. The van der Waals surface area contributed by atoms with Crippen LogP contribution in [0.15, 0.2) is 78.9 Å². The van der Waals surface area contributed by atoms with Crippen LogP contribution in [0.1, 0.15) is 21.5 Å². The average Bonchev–Trinajstić information content (AvgIpc) is 2.71. The number of benzene rings is 3. The van der Waals surface area contributed by atoms with Crippen molar-refractivity contribution >= 4 is 17.5 Å². The van der Waals surface area contributed by atoms with Gasteiger partial charge in [-0.3, -0.25) is 9.59 Å². The second kappa shape index (κ2) is 9.37. The molecule has 0 aliphatic heterocycles. The maximum absolute atomic E-state index is 12.5. The molecule has 2 amide bonds. The van der Waals surface area contributed by atoms with Crippen LogP contribution in [0.5, 0.6) is 5.75 Å². The Hall–Kier alpha value is -3.60. The first-order valence-electron chi connectivity index (χ1n) is 9.11. The van der Waals surface area contributed by atoms with E-state index in [4.69, 9.17) is 0 Å². The third-order valence-corrected chi connectivity index (χ3v) is 4.29. The Labute approximate surface area is 164 Å². The van der Waals surface area contributed by atoms with E-state index < -0.39 is 0 Å². The summed E-state index contributed by atoms with van der Waals surface area (Å²) in [6.07, 6.45) is 0.895. The Balaban J connectivity index is 1.59. The minimum Gasteiger partial charge on any atom is -0.508 e. The normalized spacial score (nSPS) is 10.3.